The molecule has 0 bridgehead atoms. The van der Waals surface area contributed by atoms with E-state index in [4.69, 9.17) is 4.63 Å². The molecule has 108 valence electrons. The number of fused-ring (bicyclic) bond motifs is 1. The van der Waals surface area contributed by atoms with Crippen molar-refractivity contribution < 1.29 is 4.63 Å². The van der Waals surface area contributed by atoms with E-state index < -0.39 is 0 Å². The Hall–Kier alpha value is -3.09. The largest absolute Gasteiger partial charge is 0.318 e. The van der Waals surface area contributed by atoms with E-state index in [1.165, 1.54) is 6.33 Å². The third kappa shape index (κ3) is 2.03. The van der Waals surface area contributed by atoms with E-state index in [1.54, 1.807) is 12.4 Å². The molecule has 0 unspecified atom stereocenters. The number of imidazole rings is 1. The molecule has 22 heavy (non-hydrogen) atoms. The highest BCUT2D eigenvalue weighted by Crippen LogP contribution is 2.25. The van der Waals surface area contributed by atoms with Crippen LogP contribution in [0.2, 0.25) is 0 Å². The van der Waals surface area contributed by atoms with Crippen LogP contribution < -0.4 is 0 Å². The minimum atomic E-state index is 0.600. The number of rotatable bonds is 3. The first-order valence-corrected chi connectivity index (χ1v) is 6.81. The van der Waals surface area contributed by atoms with E-state index in [-0.39, 0.29) is 0 Å². The maximum Gasteiger partial charge on any atom is 0.173 e. The Morgan fingerprint density at radius 1 is 1.09 bits per heavy atom. The zero-order chi connectivity index (χ0) is 14.9. The lowest BCUT2D eigenvalue weighted by Crippen LogP contribution is -2.03. The van der Waals surface area contributed by atoms with Crippen molar-refractivity contribution in [3.63, 3.8) is 0 Å². The van der Waals surface area contributed by atoms with Crippen molar-refractivity contribution in [2.75, 3.05) is 0 Å². The summed E-state index contributed by atoms with van der Waals surface area (Å²) in [4.78, 5) is 12.8. The van der Waals surface area contributed by atoms with Crippen molar-refractivity contribution in [1.82, 2.24) is 29.8 Å². The van der Waals surface area contributed by atoms with Crippen molar-refractivity contribution in [2.45, 2.75) is 13.5 Å². The highest BCUT2D eigenvalue weighted by atomic mass is 16.6. The van der Waals surface area contributed by atoms with E-state index in [0.29, 0.717) is 17.9 Å². The molecule has 1 aromatic carbocycles. The number of aryl methyl sites for hydroxylation is 1. The Morgan fingerprint density at radius 3 is 2.68 bits per heavy atom. The zero-order valence-electron chi connectivity index (χ0n) is 11.8. The van der Waals surface area contributed by atoms with Gasteiger partial charge in [0.15, 0.2) is 11.5 Å². The van der Waals surface area contributed by atoms with Gasteiger partial charge in [0.25, 0.3) is 0 Å². The molecular formula is C15H12N6O. The van der Waals surface area contributed by atoms with Crippen molar-refractivity contribution in [3.8, 4) is 11.5 Å². The van der Waals surface area contributed by atoms with Gasteiger partial charge in [0.1, 0.15) is 12.0 Å². The number of benzene rings is 1. The van der Waals surface area contributed by atoms with Crippen LogP contribution in [-0.4, -0.2) is 29.8 Å². The molecule has 3 aromatic heterocycles. The predicted octanol–water partition coefficient (Wildman–Crippen LogP) is 2.23. The van der Waals surface area contributed by atoms with E-state index in [1.807, 2.05) is 31.2 Å². The number of hydrogen-bond donors (Lipinski definition) is 0. The molecule has 0 aliphatic heterocycles. The number of para-hydroxylation sites is 2. The van der Waals surface area contributed by atoms with Gasteiger partial charge in [-0.2, -0.15) is 0 Å². The summed E-state index contributed by atoms with van der Waals surface area (Å²) in [6, 6.07) is 7.95. The Kier molecular flexibility index (Phi) is 2.89. The van der Waals surface area contributed by atoms with E-state index in [9.17, 15) is 0 Å². The molecule has 0 radical (unpaired) electrons. The molecule has 0 N–H and O–H groups in total. The number of aromatic nitrogens is 6. The summed E-state index contributed by atoms with van der Waals surface area (Å²) in [7, 11) is 0. The van der Waals surface area contributed by atoms with E-state index >= 15 is 0 Å². The lowest BCUT2D eigenvalue weighted by Gasteiger charge is -2.07. The van der Waals surface area contributed by atoms with Crippen molar-refractivity contribution >= 4 is 11.0 Å². The van der Waals surface area contributed by atoms with Crippen LogP contribution in [-0.2, 0) is 6.54 Å². The third-order valence-corrected chi connectivity index (χ3v) is 3.47. The van der Waals surface area contributed by atoms with Crippen LogP contribution in [0.5, 0.6) is 0 Å². The normalized spacial score (nSPS) is 11.1. The second-order valence-electron chi connectivity index (χ2n) is 4.96. The first-order chi connectivity index (χ1) is 10.8. The molecule has 0 atom stereocenters. The molecule has 0 amide bonds. The van der Waals surface area contributed by atoms with Crippen LogP contribution in [0.1, 0.15) is 11.3 Å². The maximum absolute atomic E-state index is 4.82. The Labute approximate surface area is 125 Å². The Balaban J connectivity index is 1.93. The van der Waals surface area contributed by atoms with Gasteiger partial charge < -0.3 is 4.57 Å². The van der Waals surface area contributed by atoms with Gasteiger partial charge in [0.05, 0.1) is 17.6 Å². The quantitative estimate of drug-likeness (QED) is 0.576. The highest BCUT2D eigenvalue weighted by Gasteiger charge is 2.18. The van der Waals surface area contributed by atoms with Gasteiger partial charge in [-0.15, -0.1) is 0 Å². The summed E-state index contributed by atoms with van der Waals surface area (Å²) in [6.45, 7) is 2.45. The van der Waals surface area contributed by atoms with Gasteiger partial charge >= 0.3 is 0 Å². The van der Waals surface area contributed by atoms with Crippen LogP contribution in [0.4, 0.5) is 0 Å². The van der Waals surface area contributed by atoms with E-state index in [0.717, 1.165) is 22.4 Å². The van der Waals surface area contributed by atoms with Crippen molar-refractivity contribution in [3.05, 3.63) is 54.2 Å². The van der Waals surface area contributed by atoms with Gasteiger partial charge in [-0.1, -0.05) is 17.3 Å². The fourth-order valence-corrected chi connectivity index (χ4v) is 2.44. The van der Waals surface area contributed by atoms with Crippen LogP contribution in [0.3, 0.4) is 0 Å². The standard InChI is InChI=1S/C15H12N6O/c1-10-14(20-22-19-10)15-18-12-4-2-3-5-13(12)21(15)8-11-6-16-9-17-7-11/h2-7,9H,8H2,1H3. The predicted molar refractivity (Wildman–Crippen MR) is 78.9 cm³/mol. The molecule has 0 aliphatic carbocycles. The monoisotopic (exact) mass is 292 g/mol. The molecule has 0 spiro atoms. The topological polar surface area (TPSA) is 82.5 Å². The Bertz CT molecular complexity index is 928. The minimum Gasteiger partial charge on any atom is -0.318 e. The fourth-order valence-electron chi connectivity index (χ4n) is 2.44. The molecule has 0 aliphatic rings. The van der Waals surface area contributed by atoms with Crippen LogP contribution in [0.15, 0.2) is 47.6 Å². The summed E-state index contributed by atoms with van der Waals surface area (Å²) in [6.07, 6.45) is 5.10. The van der Waals surface area contributed by atoms with Crippen molar-refractivity contribution in [1.29, 1.82) is 0 Å². The first-order valence-electron chi connectivity index (χ1n) is 6.81. The molecule has 4 aromatic rings. The van der Waals surface area contributed by atoms with Crippen molar-refractivity contribution in [2.24, 2.45) is 0 Å². The summed E-state index contributed by atoms with van der Waals surface area (Å²) in [5.41, 5.74) is 4.26. The number of nitrogens with zero attached hydrogens (tertiary/aromatic N) is 6. The maximum atomic E-state index is 4.82. The lowest BCUT2D eigenvalue weighted by molar-refractivity contribution is 0.305. The van der Waals surface area contributed by atoms with Gasteiger partial charge in [0, 0.05) is 18.0 Å². The van der Waals surface area contributed by atoms with Gasteiger partial charge in [-0.05, 0) is 24.2 Å². The SMILES string of the molecule is Cc1nonc1-c1nc2ccccc2n1Cc1cncnc1. The average molecular weight is 292 g/mol. The molecular weight excluding hydrogens is 280 g/mol. The summed E-state index contributed by atoms with van der Waals surface area (Å²) in [5, 5.41) is 7.83. The zero-order valence-corrected chi connectivity index (χ0v) is 11.8. The molecule has 0 saturated carbocycles. The fraction of sp³-hybridized carbons (Fsp3) is 0.133. The van der Waals surface area contributed by atoms with Crippen LogP contribution >= 0.6 is 0 Å². The van der Waals surface area contributed by atoms with Crippen LogP contribution in [0, 0.1) is 6.92 Å². The molecule has 0 fully saturated rings. The van der Waals surface area contributed by atoms with Crippen LogP contribution in [0.25, 0.3) is 22.6 Å². The average Bonchev–Trinajstić information content (AvgIpc) is 3.12. The molecule has 3 heterocycles. The minimum absolute atomic E-state index is 0.600. The van der Waals surface area contributed by atoms with Gasteiger partial charge in [0.2, 0.25) is 0 Å². The second kappa shape index (κ2) is 5.03. The summed E-state index contributed by atoms with van der Waals surface area (Å²) in [5.74, 6) is 0.726. The first kappa shape index (κ1) is 12.6. The molecule has 4 rings (SSSR count). The third-order valence-electron chi connectivity index (χ3n) is 3.47. The van der Waals surface area contributed by atoms with Gasteiger partial charge in [-0.3, -0.25) is 0 Å². The summed E-state index contributed by atoms with van der Waals surface area (Å²) < 4.78 is 6.89. The molecule has 7 nitrogen and oxygen atoms in total. The smallest absolute Gasteiger partial charge is 0.173 e. The molecule has 7 heteroatoms. The van der Waals surface area contributed by atoms with E-state index in [2.05, 4.69) is 29.8 Å². The molecule has 0 saturated heterocycles. The lowest BCUT2D eigenvalue weighted by atomic mass is 10.3. The number of hydrogen-bond acceptors (Lipinski definition) is 6. The summed E-state index contributed by atoms with van der Waals surface area (Å²) >= 11 is 0. The Morgan fingerprint density at radius 2 is 1.91 bits per heavy atom. The highest BCUT2D eigenvalue weighted by molar-refractivity contribution is 5.80. The second-order valence-corrected chi connectivity index (χ2v) is 4.96. The van der Waals surface area contributed by atoms with Gasteiger partial charge in [-0.25, -0.2) is 19.6 Å².